The van der Waals surface area contributed by atoms with E-state index in [1.54, 1.807) is 0 Å². The van der Waals surface area contributed by atoms with E-state index in [2.05, 4.69) is 42.5 Å². The molecule has 0 aromatic rings. The van der Waals surface area contributed by atoms with Gasteiger partial charge in [-0.2, -0.15) is 0 Å². The number of aliphatic imine (C=N–C) groups is 1. The maximum absolute atomic E-state index is 6.11. The number of likely N-dealkylation sites (tertiary alicyclic amines) is 1. The fourth-order valence-corrected chi connectivity index (χ4v) is 2.79. The Balaban J connectivity index is 0.00000361. The standard InChI is InChI=1S/C15H32N4.HI/c1-13(2)19(14(3)4)12-9-17-15(16)18-10-7-5-6-8-11-18;/h13-14H,5-12H2,1-4H3,(H2,16,17);1H. The summed E-state index contributed by atoms with van der Waals surface area (Å²) in [5.41, 5.74) is 6.11. The number of hydrogen-bond acceptors (Lipinski definition) is 2. The first-order chi connectivity index (χ1) is 9.02. The maximum Gasteiger partial charge on any atom is 0.191 e. The predicted octanol–water partition coefficient (Wildman–Crippen LogP) is 2.91. The first-order valence-corrected chi connectivity index (χ1v) is 7.83. The average Bonchev–Trinajstić information content (AvgIpc) is 2.62. The molecule has 1 aliphatic heterocycles. The normalized spacial score (nSPS) is 17.6. The number of hydrogen-bond donors (Lipinski definition) is 1. The van der Waals surface area contributed by atoms with Crippen LogP contribution in [0.1, 0.15) is 53.4 Å². The Kier molecular flexibility index (Phi) is 10.6. The molecule has 1 rings (SSSR count). The molecule has 0 bridgehead atoms. The van der Waals surface area contributed by atoms with Crippen molar-refractivity contribution in [1.29, 1.82) is 0 Å². The van der Waals surface area contributed by atoms with Gasteiger partial charge in [-0.3, -0.25) is 9.89 Å². The minimum Gasteiger partial charge on any atom is -0.370 e. The molecule has 1 fully saturated rings. The third-order valence-electron chi connectivity index (χ3n) is 3.89. The van der Waals surface area contributed by atoms with Crippen molar-refractivity contribution in [3.05, 3.63) is 0 Å². The van der Waals surface area contributed by atoms with Gasteiger partial charge in [-0.15, -0.1) is 24.0 Å². The van der Waals surface area contributed by atoms with Crippen molar-refractivity contribution in [3.63, 3.8) is 0 Å². The van der Waals surface area contributed by atoms with Crippen LogP contribution in [-0.2, 0) is 0 Å². The summed E-state index contributed by atoms with van der Waals surface area (Å²) in [7, 11) is 0. The summed E-state index contributed by atoms with van der Waals surface area (Å²) in [6.07, 6.45) is 5.16. The quantitative estimate of drug-likeness (QED) is 0.442. The van der Waals surface area contributed by atoms with Gasteiger partial charge in [0.05, 0.1) is 6.54 Å². The molecule has 0 aliphatic carbocycles. The van der Waals surface area contributed by atoms with Gasteiger partial charge in [-0.25, -0.2) is 0 Å². The van der Waals surface area contributed by atoms with E-state index in [4.69, 9.17) is 5.73 Å². The Bertz CT molecular complexity index is 263. The summed E-state index contributed by atoms with van der Waals surface area (Å²) in [5, 5.41) is 0. The van der Waals surface area contributed by atoms with Gasteiger partial charge in [0.25, 0.3) is 0 Å². The predicted molar refractivity (Wildman–Crippen MR) is 98.9 cm³/mol. The average molecular weight is 396 g/mol. The van der Waals surface area contributed by atoms with E-state index in [-0.39, 0.29) is 24.0 Å². The van der Waals surface area contributed by atoms with Crippen molar-refractivity contribution < 1.29 is 0 Å². The summed E-state index contributed by atoms with van der Waals surface area (Å²) in [6.45, 7) is 12.9. The molecule has 1 saturated heterocycles. The molecule has 5 heteroatoms. The zero-order valence-electron chi connectivity index (χ0n) is 13.6. The van der Waals surface area contributed by atoms with Crippen molar-refractivity contribution in [2.75, 3.05) is 26.2 Å². The SMILES string of the molecule is CC(C)N(CCN=C(N)N1CCCCCC1)C(C)C.I. The monoisotopic (exact) mass is 396 g/mol. The van der Waals surface area contributed by atoms with E-state index in [1.807, 2.05) is 0 Å². The van der Waals surface area contributed by atoms with Crippen LogP contribution >= 0.6 is 24.0 Å². The lowest BCUT2D eigenvalue weighted by Crippen LogP contribution is -2.41. The van der Waals surface area contributed by atoms with Gasteiger partial charge in [0, 0.05) is 31.7 Å². The van der Waals surface area contributed by atoms with Crippen LogP contribution in [0.3, 0.4) is 0 Å². The molecule has 0 atom stereocenters. The van der Waals surface area contributed by atoms with E-state index in [1.165, 1.54) is 25.7 Å². The van der Waals surface area contributed by atoms with Gasteiger partial charge in [0.2, 0.25) is 0 Å². The summed E-state index contributed by atoms with van der Waals surface area (Å²) in [5.74, 6) is 0.745. The highest BCUT2D eigenvalue weighted by molar-refractivity contribution is 14.0. The Labute approximate surface area is 142 Å². The Morgan fingerprint density at radius 1 is 1.05 bits per heavy atom. The summed E-state index contributed by atoms with van der Waals surface area (Å²) in [4.78, 5) is 9.28. The van der Waals surface area contributed by atoms with Crippen molar-refractivity contribution in [3.8, 4) is 0 Å². The molecule has 0 radical (unpaired) electrons. The highest BCUT2D eigenvalue weighted by Crippen LogP contribution is 2.09. The van der Waals surface area contributed by atoms with Crippen LogP contribution in [-0.4, -0.2) is 54.0 Å². The third-order valence-corrected chi connectivity index (χ3v) is 3.89. The second-order valence-corrected chi connectivity index (χ2v) is 6.07. The molecule has 1 heterocycles. The van der Waals surface area contributed by atoms with E-state index in [9.17, 15) is 0 Å². The lowest BCUT2D eigenvalue weighted by atomic mass is 10.2. The van der Waals surface area contributed by atoms with Crippen LogP contribution in [0.2, 0.25) is 0 Å². The first kappa shape index (κ1) is 20.0. The smallest absolute Gasteiger partial charge is 0.191 e. The van der Waals surface area contributed by atoms with Gasteiger partial charge >= 0.3 is 0 Å². The highest BCUT2D eigenvalue weighted by Gasteiger charge is 2.13. The summed E-state index contributed by atoms with van der Waals surface area (Å²) >= 11 is 0. The lowest BCUT2D eigenvalue weighted by molar-refractivity contribution is 0.180. The van der Waals surface area contributed by atoms with Crippen molar-refractivity contribution in [2.24, 2.45) is 10.7 Å². The molecule has 0 amide bonds. The van der Waals surface area contributed by atoms with Gasteiger partial charge in [-0.1, -0.05) is 12.8 Å². The zero-order chi connectivity index (χ0) is 14.3. The van der Waals surface area contributed by atoms with Gasteiger partial charge < -0.3 is 10.6 Å². The van der Waals surface area contributed by atoms with Crippen molar-refractivity contribution >= 4 is 29.9 Å². The van der Waals surface area contributed by atoms with Gasteiger partial charge in [-0.05, 0) is 40.5 Å². The summed E-state index contributed by atoms with van der Waals surface area (Å²) < 4.78 is 0. The Hall–Kier alpha value is -0.0400. The Morgan fingerprint density at radius 2 is 1.55 bits per heavy atom. The molecular formula is C15H33IN4. The van der Waals surface area contributed by atoms with Crippen LogP contribution < -0.4 is 5.73 Å². The second-order valence-electron chi connectivity index (χ2n) is 6.07. The maximum atomic E-state index is 6.11. The largest absolute Gasteiger partial charge is 0.370 e. The number of nitrogens with two attached hydrogens (primary N) is 1. The zero-order valence-corrected chi connectivity index (χ0v) is 16.0. The van der Waals surface area contributed by atoms with Crippen molar-refractivity contribution in [1.82, 2.24) is 9.80 Å². The lowest BCUT2D eigenvalue weighted by Gasteiger charge is -2.30. The number of rotatable bonds is 5. The fourth-order valence-electron chi connectivity index (χ4n) is 2.79. The van der Waals surface area contributed by atoms with Crippen molar-refractivity contribution in [2.45, 2.75) is 65.5 Å². The van der Waals surface area contributed by atoms with Crippen LogP contribution in [0, 0.1) is 0 Å². The Morgan fingerprint density at radius 3 is 2.00 bits per heavy atom. The minimum absolute atomic E-state index is 0. The number of nitrogens with zero attached hydrogens (tertiary/aromatic N) is 3. The summed E-state index contributed by atoms with van der Waals surface area (Å²) in [6, 6.07) is 1.13. The van der Waals surface area contributed by atoms with Crippen LogP contribution in [0.4, 0.5) is 0 Å². The first-order valence-electron chi connectivity index (χ1n) is 7.83. The van der Waals surface area contributed by atoms with Gasteiger partial charge in [0.15, 0.2) is 5.96 Å². The minimum atomic E-state index is 0. The molecule has 0 aromatic carbocycles. The molecule has 2 N–H and O–H groups in total. The van der Waals surface area contributed by atoms with E-state index in [0.717, 1.165) is 32.1 Å². The van der Waals surface area contributed by atoms with E-state index >= 15 is 0 Å². The molecular weight excluding hydrogens is 363 g/mol. The molecule has 0 saturated carbocycles. The molecule has 0 unspecified atom stereocenters. The molecule has 120 valence electrons. The third kappa shape index (κ3) is 7.11. The molecule has 1 aliphatic rings. The molecule has 4 nitrogen and oxygen atoms in total. The van der Waals surface area contributed by atoms with Gasteiger partial charge in [0.1, 0.15) is 0 Å². The van der Waals surface area contributed by atoms with E-state index < -0.39 is 0 Å². The number of halogens is 1. The number of guanidine groups is 1. The topological polar surface area (TPSA) is 44.9 Å². The molecule has 0 aromatic heterocycles. The van der Waals surface area contributed by atoms with Crippen LogP contribution in [0.15, 0.2) is 4.99 Å². The van der Waals surface area contributed by atoms with Crippen LogP contribution in [0.25, 0.3) is 0 Å². The molecule has 20 heavy (non-hydrogen) atoms. The fraction of sp³-hybridized carbons (Fsp3) is 0.933. The van der Waals surface area contributed by atoms with Crippen LogP contribution in [0.5, 0.6) is 0 Å². The second kappa shape index (κ2) is 10.7. The van der Waals surface area contributed by atoms with E-state index in [0.29, 0.717) is 12.1 Å². The highest BCUT2D eigenvalue weighted by atomic mass is 127. The molecule has 0 spiro atoms.